The van der Waals surface area contributed by atoms with Gasteiger partial charge in [0.05, 0.1) is 11.7 Å². The van der Waals surface area contributed by atoms with E-state index >= 15 is 0 Å². The van der Waals surface area contributed by atoms with Crippen molar-refractivity contribution in [3.8, 4) is 0 Å². The lowest BCUT2D eigenvalue weighted by Crippen LogP contribution is -2.05. The molecular weight excluding hydrogens is 119 g/mol. The van der Waals surface area contributed by atoms with Crippen LogP contribution in [0.15, 0.2) is 0 Å². The average molecular weight is 130 g/mol. The van der Waals surface area contributed by atoms with Gasteiger partial charge in [0.1, 0.15) is 0 Å². The molecule has 0 aliphatic carbocycles. The third-order valence-electron chi connectivity index (χ3n) is 2.10. The molecule has 2 aliphatic heterocycles. The van der Waals surface area contributed by atoms with Gasteiger partial charge in [0.2, 0.25) is 0 Å². The van der Waals surface area contributed by atoms with Crippen molar-refractivity contribution >= 4 is 7.92 Å². The highest BCUT2D eigenvalue weighted by atomic mass is 31.1. The highest BCUT2D eigenvalue weighted by molar-refractivity contribution is 7.57. The molecule has 2 fully saturated rings. The number of epoxide rings is 1. The van der Waals surface area contributed by atoms with Gasteiger partial charge in [-0.2, -0.15) is 0 Å². The molecule has 2 rings (SSSR count). The third-order valence-corrected chi connectivity index (χ3v) is 4.22. The molecule has 3 unspecified atom stereocenters. The maximum absolute atomic E-state index is 5.43. The average Bonchev–Trinajstić information content (AvgIpc) is 2.07. The van der Waals surface area contributed by atoms with Gasteiger partial charge in [0.15, 0.2) is 0 Å². The van der Waals surface area contributed by atoms with Gasteiger partial charge in [-0.05, 0) is 25.9 Å². The summed E-state index contributed by atoms with van der Waals surface area (Å²) in [5.74, 6) is 0. The van der Waals surface area contributed by atoms with Gasteiger partial charge in [-0.1, -0.05) is 0 Å². The van der Waals surface area contributed by atoms with E-state index in [0.29, 0.717) is 19.6 Å². The van der Waals surface area contributed by atoms with Crippen molar-refractivity contribution < 1.29 is 4.74 Å². The SMILES string of the molecule is CP1CC2OC2(C)C1. The van der Waals surface area contributed by atoms with Gasteiger partial charge in [-0.3, -0.25) is 0 Å². The molecule has 1 nitrogen and oxygen atoms in total. The van der Waals surface area contributed by atoms with E-state index in [2.05, 4.69) is 13.6 Å². The highest BCUT2D eigenvalue weighted by Gasteiger charge is 2.57. The summed E-state index contributed by atoms with van der Waals surface area (Å²) in [6.45, 7) is 4.61. The molecule has 46 valence electrons. The van der Waals surface area contributed by atoms with Gasteiger partial charge < -0.3 is 4.74 Å². The van der Waals surface area contributed by atoms with Crippen LogP contribution in [-0.4, -0.2) is 30.7 Å². The van der Waals surface area contributed by atoms with Crippen LogP contribution in [0.25, 0.3) is 0 Å². The molecule has 0 radical (unpaired) electrons. The fourth-order valence-electron chi connectivity index (χ4n) is 1.54. The molecule has 0 saturated carbocycles. The first-order valence-electron chi connectivity index (χ1n) is 3.07. The Kier molecular flexibility index (Phi) is 0.828. The van der Waals surface area contributed by atoms with E-state index < -0.39 is 0 Å². The molecule has 2 saturated heterocycles. The second-order valence-electron chi connectivity index (χ2n) is 3.12. The van der Waals surface area contributed by atoms with Gasteiger partial charge >= 0.3 is 0 Å². The number of rotatable bonds is 0. The van der Waals surface area contributed by atoms with E-state index in [-0.39, 0.29) is 0 Å². The topological polar surface area (TPSA) is 12.5 Å². The summed E-state index contributed by atoms with van der Waals surface area (Å²) in [5, 5.41) is 0. The van der Waals surface area contributed by atoms with Crippen LogP contribution in [0.1, 0.15) is 6.92 Å². The zero-order valence-electron chi connectivity index (χ0n) is 5.35. The van der Waals surface area contributed by atoms with Crippen molar-refractivity contribution in [1.29, 1.82) is 0 Å². The highest BCUT2D eigenvalue weighted by Crippen LogP contribution is 2.57. The standard InChI is InChI=1S/C6H11OP/c1-6-4-8(2)3-5(6)7-6/h5H,3-4H2,1-2H3. The van der Waals surface area contributed by atoms with E-state index in [1.54, 1.807) is 0 Å². The van der Waals surface area contributed by atoms with E-state index in [1.807, 2.05) is 0 Å². The van der Waals surface area contributed by atoms with Crippen LogP contribution in [0.3, 0.4) is 0 Å². The Hall–Kier alpha value is 0.390. The Morgan fingerprint density at radius 2 is 2.50 bits per heavy atom. The van der Waals surface area contributed by atoms with Crippen LogP contribution >= 0.6 is 7.92 Å². The van der Waals surface area contributed by atoms with Crippen LogP contribution in [0.5, 0.6) is 0 Å². The Labute approximate surface area is 51.2 Å². The molecule has 0 N–H and O–H groups in total. The summed E-state index contributed by atoms with van der Waals surface area (Å²) in [6.07, 6.45) is 3.39. The minimum absolute atomic E-state index is 0.362. The lowest BCUT2D eigenvalue weighted by Gasteiger charge is -2.04. The summed E-state index contributed by atoms with van der Waals surface area (Å²) in [6, 6.07) is 0. The first-order chi connectivity index (χ1) is 3.71. The second kappa shape index (κ2) is 1.27. The Morgan fingerprint density at radius 3 is 2.75 bits per heavy atom. The summed E-state index contributed by atoms with van der Waals surface area (Å²) in [5.41, 5.74) is 0.362. The fourth-order valence-corrected chi connectivity index (χ4v) is 4.05. The molecule has 2 heterocycles. The van der Waals surface area contributed by atoms with Crippen LogP contribution in [-0.2, 0) is 4.74 Å². The third kappa shape index (κ3) is 0.549. The zero-order chi connectivity index (χ0) is 5.78. The molecule has 0 aromatic heterocycles. The van der Waals surface area contributed by atoms with Crippen LogP contribution in [0, 0.1) is 0 Å². The lowest BCUT2D eigenvalue weighted by molar-refractivity contribution is 0.326. The normalized spacial score (nSPS) is 60.8. The van der Waals surface area contributed by atoms with Crippen LogP contribution in [0.2, 0.25) is 0 Å². The monoisotopic (exact) mass is 130 g/mol. The van der Waals surface area contributed by atoms with Crippen molar-refractivity contribution in [2.24, 2.45) is 0 Å². The maximum atomic E-state index is 5.43. The maximum Gasteiger partial charge on any atom is 0.0962 e. The Bertz CT molecular complexity index is 126. The molecule has 0 amide bonds. The molecule has 8 heavy (non-hydrogen) atoms. The minimum Gasteiger partial charge on any atom is -0.366 e. The van der Waals surface area contributed by atoms with E-state index in [0.717, 1.165) is 0 Å². The molecule has 0 bridgehead atoms. The van der Waals surface area contributed by atoms with Crippen LogP contribution in [0.4, 0.5) is 0 Å². The van der Waals surface area contributed by atoms with Crippen molar-refractivity contribution in [3.63, 3.8) is 0 Å². The largest absolute Gasteiger partial charge is 0.366 e. The van der Waals surface area contributed by atoms with Crippen molar-refractivity contribution in [3.05, 3.63) is 0 Å². The molecule has 3 atom stereocenters. The quantitative estimate of drug-likeness (QED) is 0.355. The number of fused-ring (bicyclic) bond motifs is 1. The Morgan fingerprint density at radius 1 is 1.75 bits per heavy atom. The first-order valence-corrected chi connectivity index (χ1v) is 5.23. The molecule has 0 aromatic carbocycles. The van der Waals surface area contributed by atoms with Gasteiger partial charge in [0.25, 0.3) is 0 Å². The zero-order valence-corrected chi connectivity index (χ0v) is 6.24. The molecule has 0 aromatic rings. The molecule has 2 heteroatoms. The van der Waals surface area contributed by atoms with E-state index in [9.17, 15) is 0 Å². The number of ether oxygens (including phenoxy) is 1. The Balaban J connectivity index is 2.10. The summed E-state index contributed by atoms with van der Waals surface area (Å²) >= 11 is 0. The second-order valence-corrected chi connectivity index (χ2v) is 5.51. The first kappa shape index (κ1) is 5.20. The summed E-state index contributed by atoms with van der Waals surface area (Å²) in [7, 11) is 0.372. The predicted molar refractivity (Wildman–Crippen MR) is 35.9 cm³/mol. The minimum atomic E-state index is 0.362. The number of hydrogen-bond acceptors (Lipinski definition) is 1. The van der Waals surface area contributed by atoms with Crippen molar-refractivity contribution in [2.45, 2.75) is 18.6 Å². The smallest absolute Gasteiger partial charge is 0.0962 e. The lowest BCUT2D eigenvalue weighted by atomic mass is 10.2. The van der Waals surface area contributed by atoms with Gasteiger partial charge in [-0.15, -0.1) is 7.92 Å². The van der Waals surface area contributed by atoms with Crippen molar-refractivity contribution in [2.75, 3.05) is 19.0 Å². The summed E-state index contributed by atoms with van der Waals surface area (Å²) in [4.78, 5) is 0. The van der Waals surface area contributed by atoms with E-state index in [1.165, 1.54) is 12.3 Å². The summed E-state index contributed by atoms with van der Waals surface area (Å²) < 4.78 is 5.43. The fraction of sp³-hybridized carbons (Fsp3) is 1.00. The van der Waals surface area contributed by atoms with Crippen molar-refractivity contribution in [1.82, 2.24) is 0 Å². The molecule has 2 aliphatic rings. The number of hydrogen-bond donors (Lipinski definition) is 0. The van der Waals surface area contributed by atoms with Gasteiger partial charge in [0, 0.05) is 0 Å². The molecule has 0 spiro atoms. The van der Waals surface area contributed by atoms with Crippen LogP contribution < -0.4 is 0 Å². The molecular formula is C6H11OP. The van der Waals surface area contributed by atoms with E-state index in [4.69, 9.17) is 4.74 Å². The predicted octanol–water partition coefficient (Wildman–Crippen LogP) is 1.27. The van der Waals surface area contributed by atoms with Gasteiger partial charge in [-0.25, -0.2) is 0 Å².